The lowest BCUT2D eigenvalue weighted by Crippen LogP contribution is -2.31. The summed E-state index contributed by atoms with van der Waals surface area (Å²) in [6.07, 6.45) is 2.40. The second-order valence-corrected chi connectivity index (χ2v) is 7.45. The molecule has 0 aliphatic carbocycles. The zero-order valence-corrected chi connectivity index (χ0v) is 17.4. The molecule has 0 bridgehead atoms. The Morgan fingerprint density at radius 1 is 1.03 bits per heavy atom. The topological polar surface area (TPSA) is 97.0 Å². The van der Waals surface area contributed by atoms with E-state index in [0.717, 1.165) is 17.8 Å². The van der Waals surface area contributed by atoms with Crippen LogP contribution >= 0.6 is 0 Å². The molecular weight excluding hydrogens is 404 g/mol. The highest BCUT2D eigenvalue weighted by molar-refractivity contribution is 6.12. The molecule has 4 aromatic rings. The second kappa shape index (κ2) is 8.11. The number of nitrogens with one attached hydrogen (secondary N) is 2. The maximum Gasteiger partial charge on any atom is 0.253 e. The minimum Gasteiger partial charge on any atom is -0.497 e. The molecule has 1 amide bonds. The van der Waals surface area contributed by atoms with Crippen LogP contribution in [0.3, 0.4) is 0 Å². The number of nitrogens with zero attached hydrogens (tertiary/aromatic N) is 2. The number of H-pyrrole nitrogens is 1. The van der Waals surface area contributed by atoms with Crippen LogP contribution in [0.2, 0.25) is 0 Å². The molecule has 2 aromatic heterocycles. The first kappa shape index (κ1) is 19.7. The molecular formula is C25H20N4O3. The first-order chi connectivity index (χ1) is 15.6. The Morgan fingerprint density at radius 3 is 2.75 bits per heavy atom. The minimum absolute atomic E-state index is 0.0859. The van der Waals surface area contributed by atoms with Crippen LogP contribution in [0.15, 0.2) is 66.9 Å². The van der Waals surface area contributed by atoms with Crippen molar-refractivity contribution in [2.24, 2.45) is 0 Å². The van der Waals surface area contributed by atoms with Gasteiger partial charge < -0.3 is 15.0 Å². The quantitative estimate of drug-likeness (QED) is 0.477. The van der Waals surface area contributed by atoms with Crippen LogP contribution in [0, 0.1) is 0 Å². The third kappa shape index (κ3) is 3.54. The van der Waals surface area contributed by atoms with Gasteiger partial charge in [-0.2, -0.15) is 0 Å². The van der Waals surface area contributed by atoms with Crippen molar-refractivity contribution in [3.05, 3.63) is 89.2 Å². The lowest BCUT2D eigenvalue weighted by atomic mass is 9.97. The second-order valence-electron chi connectivity index (χ2n) is 7.45. The van der Waals surface area contributed by atoms with E-state index in [9.17, 15) is 9.59 Å². The molecule has 5 rings (SSSR count). The van der Waals surface area contributed by atoms with Gasteiger partial charge in [0.15, 0.2) is 11.6 Å². The van der Waals surface area contributed by atoms with Gasteiger partial charge >= 0.3 is 0 Å². The number of hydrogen-bond acceptors (Lipinski definition) is 5. The third-order valence-corrected chi connectivity index (χ3v) is 5.48. The maximum absolute atomic E-state index is 13.3. The van der Waals surface area contributed by atoms with Crippen molar-refractivity contribution in [1.82, 2.24) is 20.3 Å². The van der Waals surface area contributed by atoms with Crippen LogP contribution < -0.4 is 10.1 Å². The predicted molar refractivity (Wildman–Crippen MR) is 120 cm³/mol. The number of ketones is 1. The average Bonchev–Trinajstić information content (AvgIpc) is 3.30. The van der Waals surface area contributed by atoms with E-state index in [-0.39, 0.29) is 11.7 Å². The van der Waals surface area contributed by atoms with Gasteiger partial charge in [-0.15, -0.1) is 0 Å². The van der Waals surface area contributed by atoms with Gasteiger partial charge in [0.05, 0.1) is 24.1 Å². The van der Waals surface area contributed by atoms with E-state index in [1.807, 2.05) is 24.3 Å². The number of amides is 1. The SMILES string of the molecule is COc1cccc(C(=O)c2ccccc2-c2nccc(-c3cc4c([nH]3)CCNC4=O)n2)c1. The van der Waals surface area contributed by atoms with Gasteiger partial charge in [0.25, 0.3) is 5.91 Å². The van der Waals surface area contributed by atoms with Gasteiger partial charge in [-0.1, -0.05) is 36.4 Å². The largest absolute Gasteiger partial charge is 0.497 e. The molecule has 0 atom stereocenters. The van der Waals surface area contributed by atoms with Crippen molar-refractivity contribution >= 4 is 11.7 Å². The van der Waals surface area contributed by atoms with Crippen LogP contribution in [-0.2, 0) is 6.42 Å². The van der Waals surface area contributed by atoms with Gasteiger partial charge in [0.1, 0.15) is 5.75 Å². The van der Waals surface area contributed by atoms with E-state index in [2.05, 4.69) is 15.3 Å². The molecule has 7 nitrogen and oxygen atoms in total. The number of benzene rings is 2. The molecule has 2 aromatic carbocycles. The Morgan fingerprint density at radius 2 is 1.91 bits per heavy atom. The van der Waals surface area contributed by atoms with Crippen LogP contribution in [0.5, 0.6) is 5.75 Å². The number of aromatic amines is 1. The van der Waals surface area contributed by atoms with E-state index in [4.69, 9.17) is 9.72 Å². The Balaban J connectivity index is 1.54. The summed E-state index contributed by atoms with van der Waals surface area (Å²) in [5.74, 6) is 0.829. The molecule has 158 valence electrons. The molecule has 0 saturated heterocycles. The Labute approximate surface area is 184 Å². The minimum atomic E-state index is -0.138. The van der Waals surface area contributed by atoms with Crippen LogP contribution in [0.4, 0.5) is 0 Å². The summed E-state index contributed by atoms with van der Waals surface area (Å²) in [6, 6.07) is 17.9. The number of carbonyl (C=O) groups is 2. The predicted octanol–water partition coefficient (Wildman–Crippen LogP) is 3.66. The summed E-state index contributed by atoms with van der Waals surface area (Å²) < 4.78 is 5.25. The Kier molecular flexibility index (Phi) is 4.99. The Hall–Kier alpha value is -4.26. The Bertz CT molecular complexity index is 1340. The van der Waals surface area contributed by atoms with Crippen molar-refractivity contribution in [2.75, 3.05) is 13.7 Å². The summed E-state index contributed by atoms with van der Waals surface area (Å²) in [5, 5.41) is 2.85. The van der Waals surface area contributed by atoms with E-state index in [1.54, 1.807) is 49.7 Å². The molecule has 7 heteroatoms. The highest BCUT2D eigenvalue weighted by Crippen LogP contribution is 2.27. The molecule has 0 unspecified atom stereocenters. The standard InChI is InChI=1S/C25H20N4O3/c1-32-16-6-4-5-15(13-16)23(30)17-7-2-3-8-18(17)24-26-11-10-21(29-24)22-14-19-20(28-22)9-12-27-25(19)31/h2-8,10-11,13-14,28H,9,12H2,1H3,(H,27,31). The molecule has 0 radical (unpaired) electrons. The first-order valence-corrected chi connectivity index (χ1v) is 10.3. The van der Waals surface area contributed by atoms with Gasteiger partial charge in [-0.25, -0.2) is 9.97 Å². The number of ether oxygens (including phenoxy) is 1. The number of rotatable bonds is 5. The van der Waals surface area contributed by atoms with Crippen molar-refractivity contribution < 1.29 is 14.3 Å². The number of aromatic nitrogens is 3. The maximum atomic E-state index is 13.3. The van der Waals surface area contributed by atoms with E-state index in [1.165, 1.54) is 0 Å². The van der Waals surface area contributed by atoms with E-state index in [0.29, 0.717) is 46.1 Å². The molecule has 2 N–H and O–H groups in total. The van der Waals surface area contributed by atoms with Crippen LogP contribution in [-0.4, -0.2) is 40.3 Å². The van der Waals surface area contributed by atoms with Crippen molar-refractivity contribution in [1.29, 1.82) is 0 Å². The lowest BCUT2D eigenvalue weighted by molar-refractivity contribution is 0.0945. The molecule has 1 aliphatic rings. The van der Waals surface area contributed by atoms with Crippen LogP contribution in [0.1, 0.15) is 32.0 Å². The third-order valence-electron chi connectivity index (χ3n) is 5.48. The van der Waals surface area contributed by atoms with Crippen molar-refractivity contribution in [2.45, 2.75) is 6.42 Å². The fourth-order valence-corrected chi connectivity index (χ4v) is 3.87. The van der Waals surface area contributed by atoms with Crippen LogP contribution in [0.25, 0.3) is 22.8 Å². The summed E-state index contributed by atoms with van der Waals surface area (Å²) in [6.45, 7) is 0.612. The number of fused-ring (bicyclic) bond motifs is 1. The van der Waals surface area contributed by atoms with Gasteiger partial charge in [0.2, 0.25) is 0 Å². The summed E-state index contributed by atoms with van der Waals surface area (Å²) in [7, 11) is 1.57. The average molecular weight is 424 g/mol. The number of hydrogen-bond donors (Lipinski definition) is 2. The number of carbonyl (C=O) groups excluding carboxylic acids is 2. The highest BCUT2D eigenvalue weighted by atomic mass is 16.5. The summed E-state index contributed by atoms with van der Waals surface area (Å²) >= 11 is 0. The smallest absolute Gasteiger partial charge is 0.253 e. The first-order valence-electron chi connectivity index (χ1n) is 10.3. The van der Waals surface area contributed by atoms with Gasteiger partial charge in [-0.05, 0) is 24.3 Å². The van der Waals surface area contributed by atoms with Crippen molar-refractivity contribution in [3.63, 3.8) is 0 Å². The molecule has 0 saturated carbocycles. The van der Waals surface area contributed by atoms with E-state index >= 15 is 0 Å². The van der Waals surface area contributed by atoms with Gasteiger partial charge in [0, 0.05) is 41.5 Å². The molecule has 0 spiro atoms. The normalized spacial score (nSPS) is 12.7. The highest BCUT2D eigenvalue weighted by Gasteiger charge is 2.21. The summed E-state index contributed by atoms with van der Waals surface area (Å²) in [4.78, 5) is 37.8. The summed E-state index contributed by atoms with van der Waals surface area (Å²) in [5.41, 5.74) is 4.60. The monoisotopic (exact) mass is 424 g/mol. The zero-order chi connectivity index (χ0) is 22.1. The molecule has 1 aliphatic heterocycles. The van der Waals surface area contributed by atoms with Crippen molar-refractivity contribution in [3.8, 4) is 28.5 Å². The fourth-order valence-electron chi connectivity index (χ4n) is 3.87. The fraction of sp³-hybridized carbons (Fsp3) is 0.120. The molecule has 32 heavy (non-hydrogen) atoms. The van der Waals surface area contributed by atoms with E-state index < -0.39 is 0 Å². The number of methoxy groups -OCH3 is 1. The lowest BCUT2D eigenvalue weighted by Gasteiger charge is -2.11. The molecule has 0 fully saturated rings. The molecule has 3 heterocycles. The van der Waals surface area contributed by atoms with Gasteiger partial charge in [-0.3, -0.25) is 9.59 Å². The zero-order valence-electron chi connectivity index (χ0n) is 17.4.